The number of nitrogens with one attached hydrogen (secondary N) is 1. The topological polar surface area (TPSA) is 93.5 Å². The number of carbonyl (C=O) groups excluding carboxylic acids is 1. The molecule has 2 amide bonds. The molecular weight excluding hydrogens is 344 g/mol. The van der Waals surface area contributed by atoms with Gasteiger partial charge < -0.3 is 15.0 Å². The Balaban J connectivity index is 1.77. The number of amides is 2. The minimum Gasteiger partial charge on any atom is -0.383 e. The third-order valence-electron chi connectivity index (χ3n) is 4.90. The maximum absolute atomic E-state index is 12.8. The Kier molecular flexibility index (Phi) is 5.33. The Morgan fingerprint density at radius 3 is 2.84 bits per heavy atom. The Morgan fingerprint density at radius 1 is 1.48 bits per heavy atom. The van der Waals surface area contributed by atoms with Gasteiger partial charge in [-0.15, -0.1) is 0 Å². The van der Waals surface area contributed by atoms with Gasteiger partial charge in [-0.2, -0.15) is 5.10 Å². The highest BCUT2D eigenvalue weighted by Crippen LogP contribution is 2.33. The second kappa shape index (κ2) is 7.33. The highest BCUT2D eigenvalue weighted by atomic mass is 32.2. The second-order valence-corrected chi connectivity index (χ2v) is 9.03. The summed E-state index contributed by atoms with van der Waals surface area (Å²) < 4.78 is 31.2. The average molecular weight is 370 g/mol. The van der Waals surface area contributed by atoms with Gasteiger partial charge in [0.15, 0.2) is 9.84 Å². The number of ether oxygens (including phenoxy) is 1. The van der Waals surface area contributed by atoms with Crippen LogP contribution in [-0.2, 0) is 21.1 Å². The zero-order valence-electron chi connectivity index (χ0n) is 14.7. The number of carbonyl (C=O) groups is 1. The molecule has 0 bridgehead atoms. The quantitative estimate of drug-likeness (QED) is 0.800. The summed E-state index contributed by atoms with van der Waals surface area (Å²) in [6, 6.07) is -0.741. The lowest BCUT2D eigenvalue weighted by Crippen LogP contribution is -2.53. The van der Waals surface area contributed by atoms with E-state index in [1.807, 2.05) is 13.1 Å². The number of aryl methyl sites for hydroxylation is 1. The van der Waals surface area contributed by atoms with E-state index in [1.165, 1.54) is 0 Å². The van der Waals surface area contributed by atoms with E-state index in [9.17, 15) is 13.2 Å². The average Bonchev–Trinajstić information content (AvgIpc) is 3.30. The Bertz CT molecular complexity index is 713. The molecule has 1 saturated carbocycles. The summed E-state index contributed by atoms with van der Waals surface area (Å²) in [5.74, 6) is 0.393. The van der Waals surface area contributed by atoms with Crippen molar-refractivity contribution < 1.29 is 17.9 Å². The van der Waals surface area contributed by atoms with E-state index in [4.69, 9.17) is 4.74 Å². The van der Waals surface area contributed by atoms with Crippen molar-refractivity contribution in [2.45, 2.75) is 38.4 Å². The van der Waals surface area contributed by atoms with Gasteiger partial charge in [0.1, 0.15) is 0 Å². The molecule has 1 aromatic heterocycles. The third kappa shape index (κ3) is 4.33. The molecule has 8 nitrogen and oxygen atoms in total. The molecule has 1 aromatic rings. The van der Waals surface area contributed by atoms with Crippen molar-refractivity contribution in [2.24, 2.45) is 5.92 Å². The number of methoxy groups -OCH3 is 1. The van der Waals surface area contributed by atoms with E-state index in [2.05, 4.69) is 10.4 Å². The zero-order valence-corrected chi connectivity index (χ0v) is 15.5. The van der Waals surface area contributed by atoms with Gasteiger partial charge in [-0.25, -0.2) is 13.2 Å². The van der Waals surface area contributed by atoms with E-state index in [0.717, 1.165) is 18.4 Å². The molecule has 1 aliphatic carbocycles. The van der Waals surface area contributed by atoms with Gasteiger partial charge in [-0.3, -0.25) is 4.68 Å². The van der Waals surface area contributed by atoms with Crippen molar-refractivity contribution in [3.05, 3.63) is 18.0 Å². The predicted molar refractivity (Wildman–Crippen MR) is 92.9 cm³/mol. The summed E-state index contributed by atoms with van der Waals surface area (Å²) >= 11 is 0. The SMILES string of the molecule is CCn1cc([C@H]2CS(=O)(=O)CCN2C(=O)N[C@H](COC)C2CC2)cn1. The Morgan fingerprint density at radius 2 is 2.24 bits per heavy atom. The fourth-order valence-corrected chi connectivity index (χ4v) is 4.76. The Labute approximate surface area is 148 Å². The molecule has 0 spiro atoms. The zero-order chi connectivity index (χ0) is 18.0. The van der Waals surface area contributed by atoms with Crippen LogP contribution in [0.5, 0.6) is 0 Å². The maximum atomic E-state index is 12.8. The van der Waals surface area contributed by atoms with Gasteiger partial charge >= 0.3 is 6.03 Å². The van der Waals surface area contributed by atoms with Crippen LogP contribution in [0.15, 0.2) is 12.4 Å². The van der Waals surface area contributed by atoms with Crippen molar-refractivity contribution in [3.8, 4) is 0 Å². The summed E-state index contributed by atoms with van der Waals surface area (Å²) in [5, 5.41) is 7.26. The van der Waals surface area contributed by atoms with Crippen LogP contribution in [0.2, 0.25) is 0 Å². The lowest BCUT2D eigenvalue weighted by molar-refractivity contribution is 0.141. The second-order valence-electron chi connectivity index (χ2n) is 6.80. The molecule has 1 N–H and O–H groups in total. The van der Waals surface area contributed by atoms with Crippen LogP contribution in [0.4, 0.5) is 4.79 Å². The number of sulfone groups is 1. The van der Waals surface area contributed by atoms with Crippen LogP contribution >= 0.6 is 0 Å². The van der Waals surface area contributed by atoms with Gasteiger partial charge in [0, 0.05) is 32.0 Å². The van der Waals surface area contributed by atoms with E-state index in [-0.39, 0.29) is 30.1 Å². The van der Waals surface area contributed by atoms with Crippen LogP contribution in [-0.4, -0.2) is 66.9 Å². The minimum atomic E-state index is -3.17. The highest BCUT2D eigenvalue weighted by molar-refractivity contribution is 7.91. The number of nitrogens with zero attached hydrogens (tertiary/aromatic N) is 3. The summed E-state index contributed by atoms with van der Waals surface area (Å²) in [6.07, 6.45) is 5.66. The number of aromatic nitrogens is 2. The van der Waals surface area contributed by atoms with E-state index in [1.54, 1.807) is 22.9 Å². The lowest BCUT2D eigenvalue weighted by Gasteiger charge is -2.36. The van der Waals surface area contributed by atoms with Crippen molar-refractivity contribution in [1.82, 2.24) is 20.0 Å². The van der Waals surface area contributed by atoms with Gasteiger partial charge in [0.2, 0.25) is 0 Å². The fourth-order valence-electron chi connectivity index (χ4n) is 3.27. The van der Waals surface area contributed by atoms with Crippen molar-refractivity contribution in [2.75, 3.05) is 31.8 Å². The fraction of sp³-hybridized carbons (Fsp3) is 0.750. The minimum absolute atomic E-state index is 0.00277. The van der Waals surface area contributed by atoms with Crippen molar-refractivity contribution >= 4 is 15.9 Å². The molecule has 1 saturated heterocycles. The summed E-state index contributed by atoms with van der Waals surface area (Å²) in [5.41, 5.74) is 0.759. The molecule has 140 valence electrons. The first-order valence-electron chi connectivity index (χ1n) is 8.72. The molecule has 2 fully saturated rings. The van der Waals surface area contributed by atoms with Crippen LogP contribution in [0.3, 0.4) is 0 Å². The van der Waals surface area contributed by atoms with Crippen LogP contribution in [0, 0.1) is 5.92 Å². The largest absolute Gasteiger partial charge is 0.383 e. The molecule has 0 unspecified atom stereocenters. The first-order chi connectivity index (χ1) is 11.9. The molecule has 2 heterocycles. The van der Waals surface area contributed by atoms with E-state index < -0.39 is 15.9 Å². The Hall–Kier alpha value is -1.61. The van der Waals surface area contributed by atoms with E-state index in [0.29, 0.717) is 19.1 Å². The molecular formula is C16H26N4O4S. The van der Waals surface area contributed by atoms with E-state index >= 15 is 0 Å². The monoisotopic (exact) mass is 370 g/mol. The number of urea groups is 1. The van der Waals surface area contributed by atoms with Gasteiger partial charge in [0.05, 0.1) is 36.4 Å². The lowest BCUT2D eigenvalue weighted by atomic mass is 10.1. The summed E-state index contributed by atoms with van der Waals surface area (Å²) in [6.45, 7) is 3.33. The van der Waals surface area contributed by atoms with Crippen LogP contribution < -0.4 is 5.32 Å². The molecule has 2 aliphatic rings. The highest BCUT2D eigenvalue weighted by Gasteiger charge is 2.38. The maximum Gasteiger partial charge on any atom is 0.318 e. The molecule has 0 radical (unpaired) electrons. The molecule has 2 atom stereocenters. The molecule has 0 aromatic carbocycles. The molecule has 25 heavy (non-hydrogen) atoms. The number of hydrogen-bond acceptors (Lipinski definition) is 5. The van der Waals surface area contributed by atoms with Crippen LogP contribution in [0.1, 0.15) is 31.4 Å². The number of hydrogen-bond donors (Lipinski definition) is 1. The van der Waals surface area contributed by atoms with Crippen molar-refractivity contribution in [3.63, 3.8) is 0 Å². The standard InChI is InChI=1S/C16H26N4O4S/c1-3-19-9-13(8-17-19)15-11-25(22,23)7-6-20(15)16(21)18-14(10-24-2)12-4-5-12/h8-9,12,14-15H,3-7,10-11H2,1-2H3,(H,18,21)/t14-,15-/m1/s1. The first-order valence-corrected chi connectivity index (χ1v) is 10.5. The van der Waals surface area contributed by atoms with Crippen LogP contribution in [0.25, 0.3) is 0 Å². The smallest absolute Gasteiger partial charge is 0.318 e. The van der Waals surface area contributed by atoms with Gasteiger partial charge in [-0.05, 0) is 25.7 Å². The van der Waals surface area contributed by atoms with Crippen molar-refractivity contribution in [1.29, 1.82) is 0 Å². The normalized spacial score (nSPS) is 24.1. The molecule has 1 aliphatic heterocycles. The first kappa shape index (κ1) is 18.2. The van der Waals surface area contributed by atoms with Gasteiger partial charge in [0.25, 0.3) is 0 Å². The third-order valence-corrected chi connectivity index (χ3v) is 6.53. The van der Waals surface area contributed by atoms with Gasteiger partial charge in [-0.1, -0.05) is 0 Å². The number of rotatable bonds is 6. The predicted octanol–water partition coefficient (Wildman–Crippen LogP) is 0.809. The molecule has 9 heteroatoms. The molecule has 3 rings (SSSR count). The summed E-state index contributed by atoms with van der Waals surface area (Å²) in [7, 11) is -1.55. The summed E-state index contributed by atoms with van der Waals surface area (Å²) in [4.78, 5) is 14.5.